The van der Waals surface area contributed by atoms with Crippen molar-refractivity contribution >= 4 is 5.84 Å². The number of oxime groups is 1. The van der Waals surface area contributed by atoms with Gasteiger partial charge in [-0.05, 0) is 42.3 Å². The van der Waals surface area contributed by atoms with Gasteiger partial charge in [-0.25, -0.2) is 4.39 Å². The maximum atomic E-state index is 13.3. The number of aryl methyl sites for hydroxylation is 1. The molecule has 0 amide bonds. The Balaban J connectivity index is 2.26. The molecule has 3 N–H and O–H groups in total. The summed E-state index contributed by atoms with van der Waals surface area (Å²) in [5.74, 6) is 0.248. The Kier molecular flexibility index (Phi) is 4.77. The molecule has 0 aliphatic carbocycles. The van der Waals surface area contributed by atoms with Gasteiger partial charge in [0, 0.05) is 0 Å². The Hall–Kier alpha value is -2.56. The Morgan fingerprint density at radius 3 is 2.57 bits per heavy atom. The predicted octanol–water partition coefficient (Wildman–Crippen LogP) is 3.67. The molecule has 0 heterocycles. The van der Waals surface area contributed by atoms with E-state index in [2.05, 4.69) is 12.1 Å². The fraction of sp³-hybridized carbons (Fsp3) is 0.188. The van der Waals surface area contributed by atoms with E-state index < -0.39 is 5.82 Å². The SMILES string of the molecule is CCCc1ccc(Oc2ccc(F)cc2C(N)=NO)cc1. The van der Waals surface area contributed by atoms with Gasteiger partial charge in [-0.15, -0.1) is 0 Å². The normalized spacial score (nSPS) is 11.4. The van der Waals surface area contributed by atoms with Gasteiger partial charge in [-0.2, -0.15) is 0 Å². The number of hydrogen-bond donors (Lipinski definition) is 2. The summed E-state index contributed by atoms with van der Waals surface area (Å²) in [6.07, 6.45) is 2.08. The van der Waals surface area contributed by atoms with Gasteiger partial charge in [0.05, 0.1) is 5.56 Å². The summed E-state index contributed by atoms with van der Waals surface area (Å²) in [5, 5.41) is 11.6. The van der Waals surface area contributed by atoms with Gasteiger partial charge in [0.25, 0.3) is 0 Å². The summed E-state index contributed by atoms with van der Waals surface area (Å²) < 4.78 is 19.0. The number of benzene rings is 2. The highest BCUT2D eigenvalue weighted by molar-refractivity contribution is 5.99. The molecule has 2 aromatic rings. The monoisotopic (exact) mass is 288 g/mol. The zero-order valence-corrected chi connectivity index (χ0v) is 11.7. The fourth-order valence-electron chi connectivity index (χ4n) is 1.99. The van der Waals surface area contributed by atoms with Crippen LogP contribution in [-0.2, 0) is 6.42 Å². The molecule has 0 aliphatic rings. The molecule has 0 atom stereocenters. The molecule has 0 radical (unpaired) electrons. The van der Waals surface area contributed by atoms with E-state index in [1.165, 1.54) is 17.7 Å². The van der Waals surface area contributed by atoms with Crippen molar-refractivity contribution in [2.45, 2.75) is 19.8 Å². The summed E-state index contributed by atoms with van der Waals surface area (Å²) in [5.41, 5.74) is 6.96. The number of ether oxygens (including phenoxy) is 1. The van der Waals surface area contributed by atoms with Crippen molar-refractivity contribution in [1.82, 2.24) is 0 Å². The minimum atomic E-state index is -0.484. The third-order valence-electron chi connectivity index (χ3n) is 3.02. The van der Waals surface area contributed by atoms with Crippen LogP contribution in [0.15, 0.2) is 47.6 Å². The van der Waals surface area contributed by atoms with Crippen LogP contribution in [0, 0.1) is 5.82 Å². The van der Waals surface area contributed by atoms with E-state index >= 15 is 0 Å². The maximum Gasteiger partial charge on any atom is 0.173 e. The topological polar surface area (TPSA) is 67.8 Å². The molecule has 21 heavy (non-hydrogen) atoms. The number of amidine groups is 1. The minimum absolute atomic E-state index is 0.202. The molecule has 5 heteroatoms. The van der Waals surface area contributed by atoms with Crippen molar-refractivity contribution in [3.05, 3.63) is 59.4 Å². The highest BCUT2D eigenvalue weighted by atomic mass is 19.1. The van der Waals surface area contributed by atoms with Crippen molar-refractivity contribution in [3.63, 3.8) is 0 Å². The third-order valence-corrected chi connectivity index (χ3v) is 3.02. The van der Waals surface area contributed by atoms with Crippen LogP contribution >= 0.6 is 0 Å². The first-order valence-electron chi connectivity index (χ1n) is 6.68. The van der Waals surface area contributed by atoms with Crippen LogP contribution in [0.5, 0.6) is 11.5 Å². The van der Waals surface area contributed by atoms with E-state index in [4.69, 9.17) is 15.7 Å². The lowest BCUT2D eigenvalue weighted by molar-refractivity contribution is 0.318. The minimum Gasteiger partial charge on any atom is -0.457 e. The van der Waals surface area contributed by atoms with Crippen molar-refractivity contribution in [1.29, 1.82) is 0 Å². The van der Waals surface area contributed by atoms with Gasteiger partial charge in [0.1, 0.15) is 17.3 Å². The standard InChI is InChI=1S/C16H17FN2O2/c1-2-3-11-4-7-13(8-5-11)21-15-9-6-12(17)10-14(15)16(18)19-20/h4-10,20H,2-3H2,1H3,(H2,18,19). The largest absolute Gasteiger partial charge is 0.457 e. The predicted molar refractivity (Wildman–Crippen MR) is 79.4 cm³/mol. The molecular weight excluding hydrogens is 271 g/mol. The average Bonchev–Trinajstić information content (AvgIpc) is 2.50. The molecule has 2 aromatic carbocycles. The molecule has 0 aromatic heterocycles. The van der Waals surface area contributed by atoms with Crippen LogP contribution < -0.4 is 10.5 Å². The molecule has 0 spiro atoms. The zero-order valence-electron chi connectivity index (χ0n) is 11.7. The van der Waals surface area contributed by atoms with Crippen molar-refractivity contribution < 1.29 is 14.3 Å². The van der Waals surface area contributed by atoms with E-state index in [1.54, 1.807) is 0 Å². The van der Waals surface area contributed by atoms with Gasteiger partial charge < -0.3 is 15.7 Å². The molecule has 110 valence electrons. The molecule has 2 rings (SSSR count). The van der Waals surface area contributed by atoms with Crippen molar-refractivity contribution in [2.75, 3.05) is 0 Å². The quantitative estimate of drug-likeness (QED) is 0.382. The second kappa shape index (κ2) is 6.74. The molecule has 0 bridgehead atoms. The molecule has 0 unspecified atom stereocenters. The lowest BCUT2D eigenvalue weighted by atomic mass is 10.1. The highest BCUT2D eigenvalue weighted by Crippen LogP contribution is 2.26. The summed E-state index contributed by atoms with van der Waals surface area (Å²) in [4.78, 5) is 0. The van der Waals surface area contributed by atoms with Gasteiger partial charge in [0.15, 0.2) is 5.84 Å². The third kappa shape index (κ3) is 3.72. The molecular formula is C16H17FN2O2. The number of nitrogens with two attached hydrogens (primary N) is 1. The Morgan fingerprint density at radius 2 is 1.95 bits per heavy atom. The molecule has 0 fully saturated rings. The summed E-state index contributed by atoms with van der Waals surface area (Å²) in [7, 11) is 0. The second-order valence-corrected chi connectivity index (χ2v) is 4.62. The Labute approximate surface area is 122 Å². The van der Waals surface area contributed by atoms with Gasteiger partial charge >= 0.3 is 0 Å². The van der Waals surface area contributed by atoms with Crippen LogP contribution in [0.1, 0.15) is 24.5 Å². The number of rotatable bonds is 5. The number of hydrogen-bond acceptors (Lipinski definition) is 3. The van der Waals surface area contributed by atoms with Crippen LogP contribution in [0.3, 0.4) is 0 Å². The Bertz CT molecular complexity index is 639. The van der Waals surface area contributed by atoms with E-state index in [1.807, 2.05) is 24.3 Å². The lowest BCUT2D eigenvalue weighted by Gasteiger charge is -2.11. The van der Waals surface area contributed by atoms with E-state index in [0.717, 1.165) is 18.9 Å². The summed E-state index contributed by atoms with van der Waals surface area (Å²) in [6, 6.07) is 11.5. The zero-order chi connectivity index (χ0) is 15.2. The van der Waals surface area contributed by atoms with Crippen molar-refractivity contribution in [2.24, 2.45) is 10.9 Å². The van der Waals surface area contributed by atoms with Crippen molar-refractivity contribution in [3.8, 4) is 11.5 Å². The molecule has 0 saturated heterocycles. The number of nitrogens with zero attached hydrogens (tertiary/aromatic N) is 1. The van der Waals surface area contributed by atoms with Gasteiger partial charge in [-0.3, -0.25) is 0 Å². The van der Waals surface area contributed by atoms with Gasteiger partial charge in [-0.1, -0.05) is 30.6 Å². The first-order chi connectivity index (χ1) is 10.1. The second-order valence-electron chi connectivity index (χ2n) is 4.62. The van der Waals surface area contributed by atoms with Crippen LogP contribution in [0.25, 0.3) is 0 Å². The van der Waals surface area contributed by atoms with E-state index in [-0.39, 0.29) is 11.4 Å². The molecule has 4 nitrogen and oxygen atoms in total. The highest BCUT2D eigenvalue weighted by Gasteiger charge is 2.11. The Morgan fingerprint density at radius 1 is 1.24 bits per heavy atom. The van der Waals surface area contributed by atoms with Crippen LogP contribution in [0.2, 0.25) is 0 Å². The molecule has 0 aliphatic heterocycles. The fourth-order valence-corrected chi connectivity index (χ4v) is 1.99. The summed E-state index contributed by atoms with van der Waals surface area (Å²) >= 11 is 0. The number of halogens is 1. The van der Waals surface area contributed by atoms with E-state index in [9.17, 15) is 4.39 Å². The molecule has 0 saturated carbocycles. The maximum absolute atomic E-state index is 13.3. The first-order valence-corrected chi connectivity index (χ1v) is 6.68. The average molecular weight is 288 g/mol. The first kappa shape index (κ1) is 14.8. The summed E-state index contributed by atoms with van der Waals surface area (Å²) in [6.45, 7) is 2.12. The van der Waals surface area contributed by atoms with Gasteiger partial charge in [0.2, 0.25) is 0 Å². The smallest absolute Gasteiger partial charge is 0.173 e. The van der Waals surface area contributed by atoms with Crippen LogP contribution in [-0.4, -0.2) is 11.0 Å². The van der Waals surface area contributed by atoms with E-state index in [0.29, 0.717) is 11.5 Å². The lowest BCUT2D eigenvalue weighted by Crippen LogP contribution is -2.14. The van der Waals surface area contributed by atoms with Crippen LogP contribution in [0.4, 0.5) is 4.39 Å².